The highest BCUT2D eigenvalue weighted by Gasteiger charge is 2.20. The van der Waals surface area contributed by atoms with E-state index in [1.807, 2.05) is 0 Å². The molecule has 1 atom stereocenters. The van der Waals surface area contributed by atoms with E-state index in [4.69, 9.17) is 28.4 Å². The number of esters is 2. The molecule has 10 nitrogen and oxygen atoms in total. The summed E-state index contributed by atoms with van der Waals surface area (Å²) in [6.45, 7) is 11.1. The van der Waals surface area contributed by atoms with Crippen LogP contribution in [0.2, 0.25) is 0 Å². The standard InChI is InChI=1S/C51H93NO9/c1-4-7-10-13-16-17-18-19-20-21-22-23-24-25-29-35-48(53)59-44-47(46-61-51(55)58-43-34-40-52-38-30-28-31-39-52)45-60-49(54)36-37-50(56-41-32-26-14-11-8-5-2)57-42-33-27-15-12-9-6-3/h16-17,19-20,47,50H,4-15,18,21-46H2,1-3H3/b17-16-,20-19-. The molecule has 0 N–H and O–H groups in total. The van der Waals surface area contributed by atoms with Gasteiger partial charge in [-0.3, -0.25) is 9.59 Å². The zero-order chi connectivity index (χ0) is 44.1. The summed E-state index contributed by atoms with van der Waals surface area (Å²) in [7, 11) is 0. The van der Waals surface area contributed by atoms with E-state index in [1.54, 1.807) is 0 Å². The molecule has 1 unspecified atom stereocenters. The van der Waals surface area contributed by atoms with E-state index in [9.17, 15) is 14.4 Å². The van der Waals surface area contributed by atoms with Gasteiger partial charge < -0.3 is 33.3 Å². The zero-order valence-corrected chi connectivity index (χ0v) is 39.7. The van der Waals surface area contributed by atoms with Crippen LogP contribution in [0.25, 0.3) is 0 Å². The van der Waals surface area contributed by atoms with Crippen LogP contribution in [0.1, 0.15) is 213 Å². The normalized spacial score (nSPS) is 14.0. The first-order chi connectivity index (χ1) is 30.0. The number of nitrogens with zero attached hydrogens (tertiary/aromatic N) is 1. The van der Waals surface area contributed by atoms with Crippen LogP contribution >= 0.6 is 0 Å². The van der Waals surface area contributed by atoms with E-state index in [-0.39, 0.29) is 38.8 Å². The lowest BCUT2D eigenvalue weighted by Crippen LogP contribution is -2.31. The van der Waals surface area contributed by atoms with Crippen molar-refractivity contribution >= 4 is 18.1 Å². The maximum atomic E-state index is 13.0. The molecule has 1 aliphatic rings. The van der Waals surface area contributed by atoms with Crippen molar-refractivity contribution in [1.82, 2.24) is 4.90 Å². The monoisotopic (exact) mass is 864 g/mol. The van der Waals surface area contributed by atoms with Crippen molar-refractivity contribution in [3.8, 4) is 0 Å². The average Bonchev–Trinajstić information content (AvgIpc) is 3.27. The minimum Gasteiger partial charge on any atom is -0.465 e. The highest BCUT2D eigenvalue weighted by Crippen LogP contribution is 2.14. The van der Waals surface area contributed by atoms with Gasteiger partial charge >= 0.3 is 18.1 Å². The molecule has 61 heavy (non-hydrogen) atoms. The fourth-order valence-corrected chi connectivity index (χ4v) is 7.29. The maximum Gasteiger partial charge on any atom is 0.508 e. The van der Waals surface area contributed by atoms with Gasteiger partial charge in [0.2, 0.25) is 0 Å². The number of carbonyl (C=O) groups is 3. The Labute approximate surface area is 374 Å². The molecular weight excluding hydrogens is 771 g/mol. The highest BCUT2D eigenvalue weighted by molar-refractivity contribution is 5.69. The van der Waals surface area contributed by atoms with Gasteiger partial charge in [-0.1, -0.05) is 148 Å². The summed E-state index contributed by atoms with van der Waals surface area (Å²) in [6.07, 6.45) is 39.5. The second-order valence-electron chi connectivity index (χ2n) is 17.1. The van der Waals surface area contributed by atoms with E-state index in [1.165, 1.54) is 96.3 Å². The van der Waals surface area contributed by atoms with Crippen LogP contribution in [0.5, 0.6) is 0 Å². The molecule has 1 aliphatic heterocycles. The Morgan fingerprint density at radius 2 is 0.984 bits per heavy atom. The third-order valence-corrected chi connectivity index (χ3v) is 11.2. The second kappa shape index (κ2) is 44.2. The fourth-order valence-electron chi connectivity index (χ4n) is 7.29. The van der Waals surface area contributed by atoms with Gasteiger partial charge in [0.25, 0.3) is 0 Å². The summed E-state index contributed by atoms with van der Waals surface area (Å²) >= 11 is 0. The summed E-state index contributed by atoms with van der Waals surface area (Å²) in [5, 5.41) is 0. The molecule has 1 saturated heterocycles. The number of unbranched alkanes of at least 4 members (excludes halogenated alkanes) is 18. The molecule has 0 amide bonds. The summed E-state index contributed by atoms with van der Waals surface area (Å²) in [5.41, 5.74) is 0. The molecule has 10 heteroatoms. The number of piperidine rings is 1. The van der Waals surface area contributed by atoms with Gasteiger partial charge in [-0.25, -0.2) is 4.79 Å². The number of hydrogen-bond donors (Lipinski definition) is 0. The molecule has 0 saturated carbocycles. The molecular formula is C51H93NO9. The minimum atomic E-state index is -0.765. The number of rotatable bonds is 43. The van der Waals surface area contributed by atoms with Crippen LogP contribution in [0.3, 0.4) is 0 Å². The summed E-state index contributed by atoms with van der Waals surface area (Å²) in [6, 6.07) is 0. The Bertz CT molecular complexity index is 1040. The third-order valence-electron chi connectivity index (χ3n) is 11.2. The Hall–Kier alpha value is -2.43. The molecule has 0 radical (unpaired) electrons. The first kappa shape index (κ1) is 56.6. The van der Waals surface area contributed by atoms with Gasteiger partial charge in [-0.05, 0) is 83.7 Å². The van der Waals surface area contributed by atoms with E-state index in [0.717, 1.165) is 96.7 Å². The molecule has 0 spiro atoms. The molecule has 356 valence electrons. The molecule has 0 aromatic heterocycles. The van der Waals surface area contributed by atoms with Crippen LogP contribution in [0, 0.1) is 5.92 Å². The third kappa shape index (κ3) is 38.9. The topological polar surface area (TPSA) is 110 Å². The maximum absolute atomic E-state index is 13.0. The molecule has 0 bridgehead atoms. The van der Waals surface area contributed by atoms with Crippen molar-refractivity contribution in [3.63, 3.8) is 0 Å². The van der Waals surface area contributed by atoms with Crippen molar-refractivity contribution in [2.75, 3.05) is 59.3 Å². The number of carbonyl (C=O) groups excluding carboxylic acids is 3. The zero-order valence-electron chi connectivity index (χ0n) is 39.7. The first-order valence-corrected chi connectivity index (χ1v) is 25.3. The number of allylic oxidation sites excluding steroid dienone is 4. The Balaban J connectivity index is 2.51. The largest absolute Gasteiger partial charge is 0.508 e. The summed E-state index contributed by atoms with van der Waals surface area (Å²) in [5.74, 6) is -1.20. The predicted octanol–water partition coefficient (Wildman–Crippen LogP) is 13.4. The van der Waals surface area contributed by atoms with E-state index in [0.29, 0.717) is 26.1 Å². The summed E-state index contributed by atoms with van der Waals surface area (Å²) in [4.78, 5) is 40.5. The van der Waals surface area contributed by atoms with Crippen molar-refractivity contribution in [1.29, 1.82) is 0 Å². The quantitative estimate of drug-likeness (QED) is 0.0193. The van der Waals surface area contributed by atoms with Gasteiger partial charge in [-0.2, -0.15) is 0 Å². The van der Waals surface area contributed by atoms with Gasteiger partial charge in [0.05, 0.1) is 18.9 Å². The number of hydrogen-bond acceptors (Lipinski definition) is 10. The van der Waals surface area contributed by atoms with Crippen LogP contribution < -0.4 is 0 Å². The smallest absolute Gasteiger partial charge is 0.465 e. The van der Waals surface area contributed by atoms with Crippen LogP contribution in [0.4, 0.5) is 4.79 Å². The average molecular weight is 864 g/mol. The lowest BCUT2D eigenvalue weighted by molar-refractivity contribution is -0.161. The van der Waals surface area contributed by atoms with Crippen molar-refractivity contribution in [3.05, 3.63) is 24.3 Å². The lowest BCUT2D eigenvalue weighted by atomic mass is 10.1. The van der Waals surface area contributed by atoms with E-state index < -0.39 is 24.3 Å². The highest BCUT2D eigenvalue weighted by atomic mass is 16.7. The second-order valence-corrected chi connectivity index (χ2v) is 17.1. The minimum absolute atomic E-state index is 0.0139. The Kier molecular flexibility index (Phi) is 41.0. The Morgan fingerprint density at radius 1 is 0.492 bits per heavy atom. The van der Waals surface area contributed by atoms with Crippen molar-refractivity contribution in [2.45, 2.75) is 220 Å². The van der Waals surface area contributed by atoms with Gasteiger partial charge in [0.1, 0.15) is 19.8 Å². The lowest BCUT2D eigenvalue weighted by Gasteiger charge is -2.26. The van der Waals surface area contributed by atoms with E-state index >= 15 is 0 Å². The molecule has 1 heterocycles. The molecule has 0 aromatic rings. The van der Waals surface area contributed by atoms with Crippen LogP contribution in [0.15, 0.2) is 24.3 Å². The van der Waals surface area contributed by atoms with Crippen LogP contribution in [-0.4, -0.2) is 88.6 Å². The van der Waals surface area contributed by atoms with Crippen molar-refractivity contribution < 1.29 is 42.8 Å². The van der Waals surface area contributed by atoms with Gasteiger partial charge in [0.15, 0.2) is 6.29 Å². The number of likely N-dealkylation sites (tertiary alicyclic amines) is 1. The Morgan fingerprint density at radius 3 is 1.59 bits per heavy atom. The number of ether oxygens (including phenoxy) is 6. The molecule has 0 aliphatic carbocycles. The van der Waals surface area contributed by atoms with Gasteiger partial charge in [-0.15, -0.1) is 0 Å². The first-order valence-electron chi connectivity index (χ1n) is 25.3. The summed E-state index contributed by atoms with van der Waals surface area (Å²) < 4.78 is 34.2. The molecule has 1 rings (SSSR count). The fraction of sp³-hybridized carbons (Fsp3) is 0.863. The van der Waals surface area contributed by atoms with E-state index in [2.05, 4.69) is 50.0 Å². The van der Waals surface area contributed by atoms with Crippen LogP contribution in [-0.2, 0) is 38.0 Å². The molecule has 0 aromatic carbocycles. The molecule has 1 fully saturated rings. The SMILES string of the molecule is CCCCC/C=C\C/C=C\CCCCCCCC(=O)OCC(COC(=O)CCC(OCCCCCCCC)OCCCCCCCC)COC(=O)OCCCN1CCCCC1. The van der Waals surface area contributed by atoms with Crippen molar-refractivity contribution in [2.24, 2.45) is 5.92 Å². The predicted molar refractivity (Wildman–Crippen MR) is 249 cm³/mol. The van der Waals surface area contributed by atoms with Gasteiger partial charge in [0, 0.05) is 32.6 Å².